The first-order valence-electron chi connectivity index (χ1n) is 2.77. The zero-order valence-electron chi connectivity index (χ0n) is 11.0. The van der Waals surface area contributed by atoms with Gasteiger partial charge in [-0.3, -0.25) is 0 Å². The minimum absolute atomic E-state index is 0. The molecule has 1 unspecified atom stereocenters. The zero-order valence-corrected chi connectivity index (χ0v) is 22.6. The number of hydrogen-bond donors (Lipinski definition) is 1. The van der Waals surface area contributed by atoms with Gasteiger partial charge >= 0.3 is 42.1 Å². The SMILES string of the molecule is [CH2-]C1([CH2-])OCC(CO)O1.[CH3-].[CH3-].[CH3-].[CH3-].[W+2].[W+2].[W].[Y]. The average Bonchev–Trinajstić information content (AvgIpc) is 2.10. The fourth-order valence-corrected chi connectivity index (χ4v) is 0.707. The van der Waals surface area contributed by atoms with E-state index in [-0.39, 0.29) is 138 Å². The second-order valence-electron chi connectivity index (χ2n) is 2.14. The summed E-state index contributed by atoms with van der Waals surface area (Å²) in [5, 5.41) is 8.54. The van der Waals surface area contributed by atoms with Crippen LogP contribution in [0.15, 0.2) is 0 Å². The third-order valence-electron chi connectivity index (χ3n) is 1.12. The maximum Gasteiger partial charge on any atom is 2.00 e. The Morgan fingerprint density at radius 2 is 1.47 bits per heavy atom. The molecule has 1 aliphatic rings. The van der Waals surface area contributed by atoms with Crippen molar-refractivity contribution in [1.29, 1.82) is 0 Å². The summed E-state index contributed by atoms with van der Waals surface area (Å²) in [6.07, 6.45) is -0.250. The number of ether oxygens (including phenoxy) is 2. The molecule has 1 fully saturated rings. The maximum absolute atomic E-state index is 8.54. The van der Waals surface area contributed by atoms with Crippen molar-refractivity contribution in [3.05, 3.63) is 43.6 Å². The van der Waals surface area contributed by atoms with E-state index in [9.17, 15) is 0 Å². The van der Waals surface area contributed by atoms with Crippen LogP contribution in [0.1, 0.15) is 0 Å². The van der Waals surface area contributed by atoms with Crippen molar-refractivity contribution < 1.29 is 110 Å². The number of hydrogen-bond acceptors (Lipinski definition) is 3. The fraction of sp³-hybridized carbons (Fsp3) is 0.400. The first-order valence-corrected chi connectivity index (χ1v) is 2.77. The normalized spacial score (nSPS) is 17.5. The molecular formula is C10H22O3W3Y-2. The van der Waals surface area contributed by atoms with Crippen molar-refractivity contribution in [2.45, 2.75) is 11.9 Å². The van der Waals surface area contributed by atoms with Gasteiger partial charge in [-0.2, -0.15) is 0 Å². The standard InChI is InChI=1S/C6H10O3.4CH3.3W.Y/c1-6(2)8-4-5(3-7)9-6;;;;;;;;/h5,7H,1-4H2;4*1H3;;;;/q-2;4*-1;;2*+2;. The van der Waals surface area contributed by atoms with Crippen LogP contribution >= 0.6 is 0 Å². The number of aliphatic hydroxyl groups excluding tert-OH is 1. The van der Waals surface area contributed by atoms with Crippen LogP contribution in [-0.2, 0) is 105 Å². The summed E-state index contributed by atoms with van der Waals surface area (Å²) in [4.78, 5) is 0. The molecule has 1 radical (unpaired) electrons. The zero-order chi connectivity index (χ0) is 6.91. The first-order chi connectivity index (χ1) is 4.14. The molecule has 1 heterocycles. The van der Waals surface area contributed by atoms with Crippen LogP contribution in [0.25, 0.3) is 0 Å². The van der Waals surface area contributed by atoms with Gasteiger partial charge in [0, 0.05) is 53.8 Å². The van der Waals surface area contributed by atoms with Gasteiger partial charge in [0.25, 0.3) is 0 Å². The Kier molecular flexibility index (Phi) is 71.0. The monoisotopic (exact) mass is 831 g/mol. The number of rotatable bonds is 1. The summed E-state index contributed by atoms with van der Waals surface area (Å²) in [5.41, 5.74) is 0. The molecule has 103 valence electrons. The Morgan fingerprint density at radius 3 is 1.59 bits per heavy atom. The molecule has 17 heavy (non-hydrogen) atoms. The second kappa shape index (κ2) is 24.1. The van der Waals surface area contributed by atoms with Crippen LogP contribution in [0.2, 0.25) is 0 Å². The van der Waals surface area contributed by atoms with Gasteiger partial charge in [-0.25, -0.2) is 0 Å². The Hall–Kier alpha value is 3.05. The third kappa shape index (κ3) is 21.5. The Bertz CT molecular complexity index is 119. The smallest absolute Gasteiger partial charge is 0.410 e. The van der Waals surface area contributed by atoms with E-state index in [0.717, 1.165) is 0 Å². The topological polar surface area (TPSA) is 38.7 Å². The molecule has 1 saturated heterocycles. The van der Waals surface area contributed by atoms with Gasteiger partial charge in [-0.1, -0.05) is 5.79 Å². The first kappa shape index (κ1) is 50.1. The van der Waals surface area contributed by atoms with Crippen molar-refractivity contribution >= 4 is 0 Å². The minimum atomic E-state index is -0.993. The Labute approximate surface area is 177 Å². The van der Waals surface area contributed by atoms with Crippen LogP contribution in [0.3, 0.4) is 0 Å². The molecule has 1 N–H and O–H groups in total. The van der Waals surface area contributed by atoms with Gasteiger partial charge < -0.3 is 58.1 Å². The molecule has 7 heteroatoms. The molecule has 1 atom stereocenters. The van der Waals surface area contributed by atoms with E-state index >= 15 is 0 Å². The van der Waals surface area contributed by atoms with E-state index in [4.69, 9.17) is 14.6 Å². The van der Waals surface area contributed by atoms with E-state index in [1.165, 1.54) is 0 Å². The van der Waals surface area contributed by atoms with Crippen LogP contribution < -0.4 is 0 Å². The summed E-state index contributed by atoms with van der Waals surface area (Å²) in [6.45, 7) is 7.35. The predicted molar refractivity (Wildman–Crippen MR) is 57.0 cm³/mol. The van der Waals surface area contributed by atoms with Crippen molar-refractivity contribution in [1.82, 2.24) is 0 Å². The van der Waals surface area contributed by atoms with Crippen molar-refractivity contribution in [2.75, 3.05) is 13.2 Å². The molecule has 0 saturated carbocycles. The van der Waals surface area contributed by atoms with Crippen molar-refractivity contribution in [3.8, 4) is 0 Å². The molecular weight excluding hydrogens is 809 g/mol. The molecule has 1 aliphatic heterocycles. The largest absolute Gasteiger partial charge is 2.00 e. The summed E-state index contributed by atoms with van der Waals surface area (Å²) < 4.78 is 9.94. The quantitative estimate of drug-likeness (QED) is 0.409. The molecule has 0 aromatic heterocycles. The van der Waals surface area contributed by atoms with Crippen LogP contribution in [0.4, 0.5) is 0 Å². The van der Waals surface area contributed by atoms with Gasteiger partial charge in [0.05, 0.1) is 13.2 Å². The molecule has 0 aromatic rings. The molecule has 0 bridgehead atoms. The van der Waals surface area contributed by atoms with Gasteiger partial charge in [-0.05, 0) is 0 Å². The van der Waals surface area contributed by atoms with Crippen LogP contribution in [0.5, 0.6) is 0 Å². The molecule has 0 aliphatic carbocycles. The second-order valence-corrected chi connectivity index (χ2v) is 2.14. The van der Waals surface area contributed by atoms with E-state index < -0.39 is 5.79 Å². The molecule has 1 rings (SSSR count). The molecule has 0 aromatic carbocycles. The summed E-state index contributed by atoms with van der Waals surface area (Å²) in [6, 6.07) is 0. The van der Waals surface area contributed by atoms with Gasteiger partial charge in [0.15, 0.2) is 0 Å². The number of aliphatic hydroxyl groups is 1. The summed E-state index contributed by atoms with van der Waals surface area (Å²) >= 11 is 0. The minimum Gasteiger partial charge on any atom is -0.410 e. The summed E-state index contributed by atoms with van der Waals surface area (Å²) in [7, 11) is 0. The van der Waals surface area contributed by atoms with Crippen molar-refractivity contribution in [2.24, 2.45) is 0 Å². The Balaban J connectivity index is -0.0000000169. The fourth-order valence-electron chi connectivity index (χ4n) is 0.707. The molecule has 0 spiro atoms. The van der Waals surface area contributed by atoms with Gasteiger partial charge in [-0.15, -0.1) is 0 Å². The summed E-state index contributed by atoms with van der Waals surface area (Å²) in [5.74, 6) is -0.993. The Morgan fingerprint density at radius 1 is 1.12 bits per heavy atom. The van der Waals surface area contributed by atoms with Gasteiger partial charge in [0.1, 0.15) is 6.10 Å². The van der Waals surface area contributed by atoms with Crippen LogP contribution in [-0.4, -0.2) is 30.2 Å². The molecule has 0 amide bonds. The molecule has 3 nitrogen and oxygen atoms in total. The maximum atomic E-state index is 8.54. The third-order valence-corrected chi connectivity index (χ3v) is 1.12. The predicted octanol–water partition coefficient (Wildman–Crippen LogP) is 1.55. The van der Waals surface area contributed by atoms with Crippen molar-refractivity contribution in [3.63, 3.8) is 0 Å². The van der Waals surface area contributed by atoms with E-state index in [1.807, 2.05) is 0 Å². The van der Waals surface area contributed by atoms with E-state index in [0.29, 0.717) is 6.61 Å². The average molecular weight is 831 g/mol. The van der Waals surface area contributed by atoms with Crippen LogP contribution in [0, 0.1) is 43.6 Å². The van der Waals surface area contributed by atoms with E-state index in [2.05, 4.69) is 13.8 Å². The van der Waals surface area contributed by atoms with Gasteiger partial charge in [0.2, 0.25) is 0 Å². The van der Waals surface area contributed by atoms with E-state index in [1.54, 1.807) is 0 Å².